The van der Waals surface area contributed by atoms with Crippen LogP contribution in [-0.4, -0.2) is 22.2 Å². The van der Waals surface area contributed by atoms with Gasteiger partial charge in [0.15, 0.2) is 0 Å². The van der Waals surface area contributed by atoms with E-state index in [2.05, 4.69) is 5.32 Å². The van der Waals surface area contributed by atoms with Crippen molar-refractivity contribution in [3.63, 3.8) is 0 Å². The second kappa shape index (κ2) is 7.44. The minimum Gasteiger partial charge on any atom is -0.480 e. The molecular weight excluding hydrogens is 338 g/mol. The molecule has 3 aromatic rings. The Hall–Kier alpha value is -2.73. The highest BCUT2D eigenvalue weighted by atomic mass is 32.2. The van der Waals surface area contributed by atoms with Gasteiger partial charge in [0.25, 0.3) is 5.91 Å². The average Bonchev–Trinajstić information content (AvgIpc) is 3.03. The molecule has 1 amide bonds. The molecule has 0 spiro atoms. The van der Waals surface area contributed by atoms with Crippen molar-refractivity contribution in [2.24, 2.45) is 0 Å². The monoisotopic (exact) mass is 355 g/mol. The van der Waals surface area contributed by atoms with Crippen molar-refractivity contribution in [2.45, 2.75) is 23.6 Å². The number of carboxylic acids is 1. The maximum atomic E-state index is 12.5. The number of rotatable bonds is 6. The molecule has 0 aliphatic rings. The van der Waals surface area contributed by atoms with Gasteiger partial charge < -0.3 is 14.8 Å². The Morgan fingerprint density at radius 2 is 1.88 bits per heavy atom. The van der Waals surface area contributed by atoms with Gasteiger partial charge in [-0.25, -0.2) is 0 Å². The highest BCUT2D eigenvalue weighted by molar-refractivity contribution is 8.00. The first-order chi connectivity index (χ1) is 12.0. The summed E-state index contributed by atoms with van der Waals surface area (Å²) in [4.78, 5) is 24.2. The number of carbonyl (C=O) groups is 2. The van der Waals surface area contributed by atoms with Gasteiger partial charge in [0, 0.05) is 10.3 Å². The summed E-state index contributed by atoms with van der Waals surface area (Å²) in [5, 5.41) is 12.2. The van der Waals surface area contributed by atoms with E-state index in [9.17, 15) is 9.59 Å². The van der Waals surface area contributed by atoms with Gasteiger partial charge in [-0.05, 0) is 31.2 Å². The summed E-state index contributed by atoms with van der Waals surface area (Å²) >= 11 is 1.15. The lowest BCUT2D eigenvalue weighted by atomic mass is 10.2. The maximum absolute atomic E-state index is 12.5. The summed E-state index contributed by atoms with van der Waals surface area (Å²) in [5.41, 5.74) is 1.23. The van der Waals surface area contributed by atoms with Crippen LogP contribution in [0.15, 0.2) is 63.9 Å². The van der Waals surface area contributed by atoms with Gasteiger partial charge in [-0.15, -0.1) is 11.8 Å². The Labute approximate surface area is 149 Å². The zero-order valence-electron chi connectivity index (χ0n) is 13.6. The topological polar surface area (TPSA) is 79.5 Å². The molecule has 1 aromatic heterocycles. The standard InChI is InChI=1S/C19H17NO4S/c1-12(19(22)23)25-17-9-5-3-7-15(17)18(21)20-11-14-10-13-6-2-4-8-16(13)24-14/h2-10,12H,11H2,1H3,(H,20,21)(H,22,23)/t12-/m0/s1. The van der Waals surface area contributed by atoms with E-state index in [0.717, 1.165) is 22.7 Å². The second-order valence-electron chi connectivity index (χ2n) is 5.53. The molecule has 0 aliphatic carbocycles. The Morgan fingerprint density at radius 3 is 2.64 bits per heavy atom. The van der Waals surface area contributed by atoms with Crippen molar-refractivity contribution in [1.82, 2.24) is 5.32 Å². The lowest BCUT2D eigenvalue weighted by molar-refractivity contribution is -0.136. The Morgan fingerprint density at radius 1 is 1.16 bits per heavy atom. The van der Waals surface area contributed by atoms with Gasteiger partial charge in [0.05, 0.1) is 12.1 Å². The van der Waals surface area contributed by atoms with Crippen molar-refractivity contribution >= 4 is 34.6 Å². The Kier molecular flexibility index (Phi) is 5.09. The second-order valence-corrected chi connectivity index (χ2v) is 6.91. The predicted molar refractivity (Wildman–Crippen MR) is 96.8 cm³/mol. The fourth-order valence-corrected chi connectivity index (χ4v) is 3.31. The molecule has 5 nitrogen and oxygen atoms in total. The lowest BCUT2D eigenvalue weighted by Gasteiger charge is -2.11. The number of benzene rings is 2. The summed E-state index contributed by atoms with van der Waals surface area (Å²) in [7, 11) is 0. The van der Waals surface area contributed by atoms with E-state index in [-0.39, 0.29) is 12.5 Å². The fraction of sp³-hybridized carbons (Fsp3) is 0.158. The van der Waals surface area contributed by atoms with Crippen LogP contribution in [-0.2, 0) is 11.3 Å². The smallest absolute Gasteiger partial charge is 0.316 e. The van der Waals surface area contributed by atoms with E-state index in [1.807, 2.05) is 30.3 Å². The highest BCUT2D eigenvalue weighted by Gasteiger charge is 2.18. The number of carbonyl (C=O) groups excluding carboxylic acids is 1. The van der Waals surface area contributed by atoms with Crippen molar-refractivity contribution in [2.75, 3.05) is 0 Å². The first-order valence-corrected chi connectivity index (χ1v) is 8.66. The van der Waals surface area contributed by atoms with E-state index in [0.29, 0.717) is 16.2 Å². The molecular formula is C19H17NO4S. The minimum atomic E-state index is -0.914. The summed E-state index contributed by atoms with van der Waals surface area (Å²) in [5.74, 6) is -0.512. The number of thioether (sulfide) groups is 1. The molecule has 3 rings (SSSR count). The molecule has 128 valence electrons. The summed E-state index contributed by atoms with van der Waals surface area (Å²) in [6.07, 6.45) is 0. The fourth-order valence-electron chi connectivity index (χ4n) is 2.38. The van der Waals surface area contributed by atoms with Crippen molar-refractivity contribution in [1.29, 1.82) is 0 Å². The van der Waals surface area contributed by atoms with Gasteiger partial charge in [0.1, 0.15) is 16.6 Å². The van der Waals surface area contributed by atoms with Crippen LogP contribution >= 0.6 is 11.8 Å². The number of hydrogen-bond acceptors (Lipinski definition) is 4. The number of para-hydroxylation sites is 1. The van der Waals surface area contributed by atoms with E-state index in [4.69, 9.17) is 9.52 Å². The zero-order chi connectivity index (χ0) is 17.8. The average molecular weight is 355 g/mol. The van der Waals surface area contributed by atoms with Gasteiger partial charge in [0.2, 0.25) is 0 Å². The number of aliphatic carboxylic acids is 1. The maximum Gasteiger partial charge on any atom is 0.316 e. The van der Waals surface area contributed by atoms with E-state index in [1.54, 1.807) is 31.2 Å². The molecule has 0 aliphatic heterocycles. The van der Waals surface area contributed by atoms with E-state index < -0.39 is 11.2 Å². The third-order valence-electron chi connectivity index (χ3n) is 3.68. The molecule has 1 atom stereocenters. The molecule has 6 heteroatoms. The minimum absolute atomic E-state index is 0.263. The summed E-state index contributed by atoms with van der Waals surface area (Å²) < 4.78 is 5.68. The third kappa shape index (κ3) is 4.03. The molecule has 0 radical (unpaired) electrons. The number of furan rings is 1. The molecule has 0 saturated heterocycles. The number of nitrogens with one attached hydrogen (secondary N) is 1. The van der Waals surface area contributed by atoms with Crippen molar-refractivity contribution < 1.29 is 19.1 Å². The summed E-state index contributed by atoms with van der Waals surface area (Å²) in [6.45, 7) is 1.86. The molecule has 25 heavy (non-hydrogen) atoms. The van der Waals surface area contributed by atoms with Gasteiger partial charge in [-0.1, -0.05) is 30.3 Å². The van der Waals surface area contributed by atoms with E-state index >= 15 is 0 Å². The molecule has 2 N–H and O–H groups in total. The SMILES string of the molecule is C[C@H](Sc1ccccc1C(=O)NCc1cc2ccccc2o1)C(=O)O. The van der Waals surface area contributed by atoms with Crippen LogP contribution in [0.3, 0.4) is 0 Å². The number of hydrogen-bond donors (Lipinski definition) is 2. The molecule has 0 bridgehead atoms. The van der Waals surface area contributed by atoms with Crippen LogP contribution in [0.4, 0.5) is 0 Å². The molecule has 0 unspecified atom stereocenters. The van der Waals surface area contributed by atoms with Crippen molar-refractivity contribution in [3.05, 3.63) is 65.9 Å². The van der Waals surface area contributed by atoms with Crippen LogP contribution in [0.5, 0.6) is 0 Å². The van der Waals surface area contributed by atoms with Crippen LogP contribution in [0, 0.1) is 0 Å². The van der Waals surface area contributed by atoms with Crippen molar-refractivity contribution in [3.8, 4) is 0 Å². The highest BCUT2D eigenvalue weighted by Crippen LogP contribution is 2.27. The van der Waals surface area contributed by atoms with Crippen LogP contribution < -0.4 is 5.32 Å². The van der Waals surface area contributed by atoms with Gasteiger partial charge >= 0.3 is 5.97 Å². The molecule has 0 fully saturated rings. The lowest BCUT2D eigenvalue weighted by Crippen LogP contribution is -2.23. The largest absolute Gasteiger partial charge is 0.480 e. The van der Waals surface area contributed by atoms with Crippen LogP contribution in [0.25, 0.3) is 11.0 Å². The van der Waals surface area contributed by atoms with Gasteiger partial charge in [-0.2, -0.15) is 0 Å². The number of fused-ring (bicyclic) bond motifs is 1. The first-order valence-electron chi connectivity index (χ1n) is 7.79. The van der Waals surface area contributed by atoms with Gasteiger partial charge in [-0.3, -0.25) is 9.59 Å². The zero-order valence-corrected chi connectivity index (χ0v) is 14.4. The van der Waals surface area contributed by atoms with E-state index in [1.165, 1.54) is 0 Å². The Balaban J connectivity index is 1.71. The predicted octanol–water partition coefficient (Wildman–Crippen LogP) is 3.93. The molecule has 1 heterocycles. The normalized spacial score (nSPS) is 12.0. The van der Waals surface area contributed by atoms with Crippen LogP contribution in [0.1, 0.15) is 23.0 Å². The molecule has 2 aromatic carbocycles. The quantitative estimate of drug-likeness (QED) is 0.655. The third-order valence-corrected chi connectivity index (χ3v) is 4.85. The van der Waals surface area contributed by atoms with Crippen LogP contribution in [0.2, 0.25) is 0 Å². The first kappa shape index (κ1) is 17.1. The Bertz CT molecular complexity index is 885. The number of amides is 1. The molecule has 0 saturated carbocycles. The summed E-state index contributed by atoms with van der Waals surface area (Å²) in [6, 6.07) is 16.5. The number of carboxylic acid groups (broad SMARTS) is 1.